The van der Waals surface area contributed by atoms with Crippen molar-refractivity contribution in [2.75, 3.05) is 5.75 Å². The van der Waals surface area contributed by atoms with Crippen LogP contribution in [0.5, 0.6) is 0 Å². The summed E-state index contributed by atoms with van der Waals surface area (Å²) in [5.74, 6) is -0.148. The van der Waals surface area contributed by atoms with E-state index in [-0.39, 0.29) is 0 Å². The van der Waals surface area contributed by atoms with Gasteiger partial charge in [-0.25, -0.2) is 4.98 Å². The molecule has 1 aromatic heterocycles. The number of nitrogens with two attached hydrogens (primary N) is 1. The minimum absolute atomic E-state index is 0.466. The predicted octanol–water partition coefficient (Wildman–Crippen LogP) is 0.807. The second-order valence-electron chi connectivity index (χ2n) is 4.07. The number of aliphatic carboxylic acids is 1. The maximum atomic E-state index is 10.8. The Morgan fingerprint density at radius 1 is 1.69 bits per heavy atom. The van der Waals surface area contributed by atoms with Crippen LogP contribution in [0.1, 0.15) is 13.8 Å². The van der Waals surface area contributed by atoms with E-state index in [1.165, 1.54) is 0 Å². The van der Waals surface area contributed by atoms with E-state index in [1.807, 2.05) is 24.6 Å². The van der Waals surface area contributed by atoms with Crippen LogP contribution in [-0.4, -0.2) is 37.2 Å². The molecule has 0 amide bonds. The Labute approximate surface area is 99.0 Å². The van der Waals surface area contributed by atoms with Crippen molar-refractivity contribution in [3.05, 3.63) is 18.7 Å². The number of rotatable bonds is 6. The number of carboxylic acid groups (broad SMARTS) is 1. The number of nitrogens with zero attached hydrogens (tertiary/aromatic N) is 2. The average molecular weight is 243 g/mol. The van der Waals surface area contributed by atoms with Gasteiger partial charge in [-0.05, 0) is 13.8 Å². The number of imidazole rings is 1. The van der Waals surface area contributed by atoms with Gasteiger partial charge >= 0.3 is 5.97 Å². The molecule has 0 radical (unpaired) electrons. The van der Waals surface area contributed by atoms with Crippen molar-refractivity contribution in [1.29, 1.82) is 0 Å². The number of aryl methyl sites for hydroxylation is 1. The lowest BCUT2D eigenvalue weighted by molar-refractivity contribution is -0.139. The SMILES string of the molecule is CC(C)(SCCn1ccnc1)[C@H](N)C(=O)O. The third-order valence-corrected chi connectivity index (χ3v) is 3.78. The molecule has 0 aliphatic rings. The van der Waals surface area contributed by atoms with Crippen LogP contribution in [0.15, 0.2) is 18.7 Å². The highest BCUT2D eigenvalue weighted by Gasteiger charge is 2.32. The van der Waals surface area contributed by atoms with Crippen molar-refractivity contribution >= 4 is 17.7 Å². The maximum Gasteiger partial charge on any atom is 0.321 e. The molecule has 0 saturated carbocycles. The van der Waals surface area contributed by atoms with Crippen molar-refractivity contribution in [2.24, 2.45) is 5.73 Å². The fourth-order valence-electron chi connectivity index (χ4n) is 1.22. The Morgan fingerprint density at radius 3 is 2.88 bits per heavy atom. The molecule has 0 fully saturated rings. The summed E-state index contributed by atoms with van der Waals surface area (Å²) in [5, 5.41) is 8.85. The lowest BCUT2D eigenvalue weighted by Crippen LogP contribution is -2.47. The van der Waals surface area contributed by atoms with Gasteiger partial charge in [-0.15, -0.1) is 0 Å². The van der Waals surface area contributed by atoms with Gasteiger partial charge in [-0.1, -0.05) is 0 Å². The second kappa shape index (κ2) is 5.36. The first-order valence-electron chi connectivity index (χ1n) is 5.01. The zero-order valence-corrected chi connectivity index (χ0v) is 10.3. The molecule has 0 aromatic carbocycles. The number of carbonyl (C=O) groups is 1. The first-order chi connectivity index (χ1) is 7.43. The van der Waals surface area contributed by atoms with E-state index in [4.69, 9.17) is 10.8 Å². The topological polar surface area (TPSA) is 81.1 Å². The van der Waals surface area contributed by atoms with Gasteiger partial charge in [-0.2, -0.15) is 11.8 Å². The van der Waals surface area contributed by atoms with Crippen LogP contribution in [0.3, 0.4) is 0 Å². The van der Waals surface area contributed by atoms with Gasteiger partial charge in [0, 0.05) is 29.4 Å². The molecular formula is C10H17N3O2S. The number of aromatic nitrogens is 2. The summed E-state index contributed by atoms with van der Waals surface area (Å²) in [5.41, 5.74) is 5.61. The van der Waals surface area contributed by atoms with Crippen LogP contribution in [0.25, 0.3) is 0 Å². The van der Waals surface area contributed by atoms with E-state index in [9.17, 15) is 4.79 Å². The Morgan fingerprint density at radius 2 is 2.38 bits per heavy atom. The summed E-state index contributed by atoms with van der Waals surface area (Å²) in [6.07, 6.45) is 5.34. The Hall–Kier alpha value is -1.01. The average Bonchev–Trinajstić information content (AvgIpc) is 2.69. The first-order valence-corrected chi connectivity index (χ1v) is 6.00. The van der Waals surface area contributed by atoms with Gasteiger partial charge in [0.05, 0.1) is 6.33 Å². The van der Waals surface area contributed by atoms with Crippen LogP contribution in [0.4, 0.5) is 0 Å². The molecule has 90 valence electrons. The quantitative estimate of drug-likeness (QED) is 0.772. The summed E-state index contributed by atoms with van der Waals surface area (Å²) >= 11 is 1.56. The fraction of sp³-hybridized carbons (Fsp3) is 0.600. The molecule has 0 aliphatic heterocycles. The molecule has 0 unspecified atom stereocenters. The first kappa shape index (κ1) is 13.1. The minimum atomic E-state index is -0.958. The molecule has 1 heterocycles. The third kappa shape index (κ3) is 3.53. The molecule has 1 aromatic rings. The Bertz CT molecular complexity index is 338. The van der Waals surface area contributed by atoms with Gasteiger partial charge in [-0.3, -0.25) is 4.79 Å². The van der Waals surface area contributed by atoms with E-state index in [1.54, 1.807) is 24.3 Å². The molecule has 0 bridgehead atoms. The van der Waals surface area contributed by atoms with Crippen molar-refractivity contribution in [3.8, 4) is 0 Å². The van der Waals surface area contributed by atoms with Crippen molar-refractivity contribution in [3.63, 3.8) is 0 Å². The second-order valence-corrected chi connectivity index (χ2v) is 5.82. The smallest absolute Gasteiger partial charge is 0.321 e. The van der Waals surface area contributed by atoms with Crippen LogP contribution < -0.4 is 5.73 Å². The highest BCUT2D eigenvalue weighted by molar-refractivity contribution is 8.00. The van der Waals surface area contributed by atoms with Gasteiger partial charge in [0.1, 0.15) is 6.04 Å². The Balaban J connectivity index is 2.39. The van der Waals surface area contributed by atoms with E-state index >= 15 is 0 Å². The molecule has 1 atom stereocenters. The normalized spacial score (nSPS) is 13.7. The van der Waals surface area contributed by atoms with Gasteiger partial charge in [0.15, 0.2) is 0 Å². The van der Waals surface area contributed by atoms with E-state index in [0.29, 0.717) is 0 Å². The molecule has 0 saturated heterocycles. The zero-order chi connectivity index (χ0) is 12.2. The Kier molecular flexibility index (Phi) is 4.37. The molecule has 0 spiro atoms. The number of hydrogen-bond donors (Lipinski definition) is 2. The zero-order valence-electron chi connectivity index (χ0n) is 9.46. The highest BCUT2D eigenvalue weighted by Crippen LogP contribution is 2.27. The lowest BCUT2D eigenvalue weighted by Gasteiger charge is -2.27. The van der Waals surface area contributed by atoms with E-state index in [0.717, 1.165) is 12.3 Å². The summed E-state index contributed by atoms with van der Waals surface area (Å²) in [4.78, 5) is 14.7. The van der Waals surface area contributed by atoms with Crippen LogP contribution in [0.2, 0.25) is 0 Å². The molecular weight excluding hydrogens is 226 g/mol. The van der Waals surface area contributed by atoms with Gasteiger partial charge in [0.2, 0.25) is 0 Å². The van der Waals surface area contributed by atoms with Crippen LogP contribution in [-0.2, 0) is 11.3 Å². The van der Waals surface area contributed by atoms with E-state index < -0.39 is 16.8 Å². The standard InChI is InChI=1S/C10H17N3O2S/c1-10(2,8(11)9(14)15)16-6-5-13-4-3-12-7-13/h3-4,7-8H,5-6,11H2,1-2H3,(H,14,15)/t8-/m1/s1. The maximum absolute atomic E-state index is 10.8. The monoisotopic (exact) mass is 243 g/mol. The molecule has 3 N–H and O–H groups in total. The van der Waals surface area contributed by atoms with Crippen LogP contribution >= 0.6 is 11.8 Å². The number of hydrogen-bond acceptors (Lipinski definition) is 4. The predicted molar refractivity (Wildman–Crippen MR) is 64.4 cm³/mol. The largest absolute Gasteiger partial charge is 0.480 e. The van der Waals surface area contributed by atoms with Crippen molar-refractivity contribution in [2.45, 2.75) is 31.2 Å². The highest BCUT2D eigenvalue weighted by atomic mass is 32.2. The molecule has 6 heteroatoms. The number of carboxylic acids is 1. The molecule has 5 nitrogen and oxygen atoms in total. The van der Waals surface area contributed by atoms with Crippen molar-refractivity contribution < 1.29 is 9.90 Å². The number of thioether (sulfide) groups is 1. The summed E-state index contributed by atoms with van der Waals surface area (Å²) < 4.78 is 1.49. The lowest BCUT2D eigenvalue weighted by atomic mass is 10.1. The fourth-order valence-corrected chi connectivity index (χ4v) is 2.33. The molecule has 1 rings (SSSR count). The summed E-state index contributed by atoms with van der Waals surface area (Å²) in [6.45, 7) is 4.51. The van der Waals surface area contributed by atoms with Crippen LogP contribution in [0, 0.1) is 0 Å². The van der Waals surface area contributed by atoms with E-state index in [2.05, 4.69) is 4.98 Å². The van der Waals surface area contributed by atoms with Gasteiger partial charge < -0.3 is 15.4 Å². The third-order valence-electron chi connectivity index (χ3n) is 2.40. The summed E-state index contributed by atoms with van der Waals surface area (Å²) in [7, 11) is 0. The van der Waals surface area contributed by atoms with Gasteiger partial charge in [0.25, 0.3) is 0 Å². The summed E-state index contributed by atoms with van der Waals surface area (Å²) in [6, 6.07) is -0.847. The molecule has 16 heavy (non-hydrogen) atoms. The van der Waals surface area contributed by atoms with Crippen molar-refractivity contribution in [1.82, 2.24) is 9.55 Å². The molecule has 0 aliphatic carbocycles. The minimum Gasteiger partial charge on any atom is -0.480 e.